The smallest absolute Gasteiger partial charge is 0.142 e. The fourth-order valence-electron chi connectivity index (χ4n) is 5.05. The van der Waals surface area contributed by atoms with E-state index in [1.165, 1.54) is 138 Å². The van der Waals surface area contributed by atoms with Gasteiger partial charge in [-0.05, 0) is 61.9 Å². The first-order valence-corrected chi connectivity index (χ1v) is 16.0. The first-order valence-electron chi connectivity index (χ1n) is 13.8. The molecule has 0 bridgehead atoms. The number of rotatable bonds is 15. The van der Waals surface area contributed by atoms with E-state index in [9.17, 15) is 13.0 Å². The Balaban J connectivity index is 0.000000507. The predicted octanol–water partition coefficient (Wildman–Crippen LogP) is 8.02. The fraction of sp³-hybridized carbons (Fsp3) is 0.724. The van der Waals surface area contributed by atoms with Crippen molar-refractivity contribution >= 4 is 26.0 Å². The lowest BCUT2D eigenvalue weighted by molar-refractivity contribution is -0.948. The highest BCUT2D eigenvalue weighted by Crippen LogP contribution is 2.26. The lowest BCUT2D eigenvalue weighted by atomic mass is 9.98. The van der Waals surface area contributed by atoms with Gasteiger partial charge in [-0.2, -0.15) is 0 Å². The standard InChI is InChI=1S/C23H43BrN.C6H6O3S/c1-3-4-5-6-7-8-9-10-11-12-13-15-20-25(22-17-19-24)21-16-14-18-23(25)2;7-10(8,9)6-4-2-1-3-5-6/h23H,3-16,18,20-22H2,1-2H3;1-5H,(H,7,8,9)/q+1;/p-1. The first kappa shape index (κ1) is 32.2. The van der Waals surface area contributed by atoms with E-state index in [0.717, 1.165) is 12.6 Å². The van der Waals surface area contributed by atoms with Crippen molar-refractivity contribution in [1.29, 1.82) is 0 Å². The Labute approximate surface area is 224 Å². The van der Waals surface area contributed by atoms with Crippen LogP contribution in [-0.4, -0.2) is 43.1 Å². The van der Waals surface area contributed by atoms with Gasteiger partial charge in [-0.3, -0.25) is 0 Å². The van der Waals surface area contributed by atoms with Gasteiger partial charge in [0.25, 0.3) is 0 Å². The van der Waals surface area contributed by atoms with Crippen LogP contribution in [0.25, 0.3) is 0 Å². The molecule has 1 aromatic carbocycles. The average Bonchev–Trinajstić information content (AvgIpc) is 2.85. The van der Waals surface area contributed by atoms with E-state index in [1.807, 2.05) is 0 Å². The summed E-state index contributed by atoms with van der Waals surface area (Å²) in [5.41, 5.74) is 0. The van der Waals surface area contributed by atoms with Crippen LogP contribution in [0.1, 0.15) is 110 Å². The molecule has 1 saturated heterocycles. The van der Waals surface area contributed by atoms with Crippen LogP contribution in [0.5, 0.6) is 0 Å². The largest absolute Gasteiger partial charge is 0.744 e. The molecule has 1 aliphatic heterocycles. The number of hydrogen-bond donors (Lipinski definition) is 0. The van der Waals surface area contributed by atoms with Crippen molar-refractivity contribution in [2.75, 3.05) is 19.6 Å². The summed E-state index contributed by atoms with van der Waals surface area (Å²) in [7, 11) is -4.25. The number of benzene rings is 1. The molecular formula is C29H48BrNO3S. The van der Waals surface area contributed by atoms with Crippen molar-refractivity contribution in [1.82, 2.24) is 0 Å². The molecule has 200 valence electrons. The van der Waals surface area contributed by atoms with Crippen LogP contribution in [0.2, 0.25) is 0 Å². The zero-order valence-electron chi connectivity index (χ0n) is 22.2. The van der Waals surface area contributed by atoms with Gasteiger partial charge in [-0.1, -0.05) is 89.3 Å². The molecule has 1 heterocycles. The topological polar surface area (TPSA) is 57.2 Å². The van der Waals surface area contributed by atoms with Crippen molar-refractivity contribution in [2.45, 2.75) is 121 Å². The Morgan fingerprint density at radius 3 is 1.91 bits per heavy atom. The monoisotopic (exact) mass is 569 g/mol. The Morgan fingerprint density at radius 1 is 0.914 bits per heavy atom. The van der Waals surface area contributed by atoms with Gasteiger partial charge in [0.05, 0.1) is 24.0 Å². The van der Waals surface area contributed by atoms with Crippen LogP contribution in [0.3, 0.4) is 0 Å². The number of hydrogen-bond acceptors (Lipinski definition) is 3. The van der Waals surface area contributed by atoms with E-state index >= 15 is 0 Å². The van der Waals surface area contributed by atoms with Gasteiger partial charge in [0.2, 0.25) is 0 Å². The van der Waals surface area contributed by atoms with Crippen molar-refractivity contribution in [3.8, 4) is 10.8 Å². The van der Waals surface area contributed by atoms with Gasteiger partial charge in [-0.15, -0.1) is 0 Å². The van der Waals surface area contributed by atoms with E-state index in [1.54, 1.807) is 6.07 Å². The molecular weight excluding hydrogens is 522 g/mol. The maximum atomic E-state index is 10.3. The van der Waals surface area contributed by atoms with E-state index in [0.29, 0.717) is 0 Å². The van der Waals surface area contributed by atoms with Gasteiger partial charge in [0, 0.05) is 15.9 Å². The Morgan fingerprint density at radius 2 is 1.46 bits per heavy atom. The highest BCUT2D eigenvalue weighted by Gasteiger charge is 2.35. The Hall–Kier alpha value is -0.870. The van der Waals surface area contributed by atoms with Crippen LogP contribution in [0, 0.1) is 10.8 Å². The molecule has 0 aliphatic carbocycles. The molecule has 0 spiro atoms. The fourth-order valence-corrected chi connectivity index (χ4v) is 5.66. The number of unbranched alkanes of at least 4 members (excludes halogenated alkanes) is 11. The van der Waals surface area contributed by atoms with Crippen LogP contribution < -0.4 is 0 Å². The third-order valence-electron chi connectivity index (χ3n) is 7.36. The van der Waals surface area contributed by atoms with Crippen molar-refractivity contribution in [3.05, 3.63) is 30.3 Å². The third-order valence-corrected chi connectivity index (χ3v) is 8.49. The zero-order chi connectivity index (χ0) is 25.8. The molecule has 1 aliphatic rings. The second-order valence-corrected chi connectivity index (χ2v) is 11.9. The first-order chi connectivity index (χ1) is 16.9. The second-order valence-electron chi connectivity index (χ2n) is 10.1. The molecule has 2 unspecified atom stereocenters. The molecule has 2 rings (SSSR count). The molecule has 0 saturated carbocycles. The number of piperidine rings is 1. The molecule has 0 radical (unpaired) electrons. The summed E-state index contributed by atoms with van der Waals surface area (Å²) in [5.74, 6) is 3.32. The highest BCUT2D eigenvalue weighted by atomic mass is 79.9. The normalized spacial score (nSPS) is 19.8. The number of nitrogens with zero attached hydrogens (tertiary/aromatic N) is 1. The van der Waals surface area contributed by atoms with Crippen LogP contribution in [-0.2, 0) is 10.1 Å². The quantitative estimate of drug-likeness (QED) is 0.0929. The van der Waals surface area contributed by atoms with Crippen LogP contribution in [0.15, 0.2) is 35.2 Å². The van der Waals surface area contributed by atoms with E-state index in [4.69, 9.17) is 0 Å². The average molecular weight is 571 g/mol. The summed E-state index contributed by atoms with van der Waals surface area (Å²) in [6.07, 6.45) is 21.5. The maximum Gasteiger partial charge on any atom is 0.142 e. The summed E-state index contributed by atoms with van der Waals surface area (Å²) in [4.78, 5) is 2.77. The van der Waals surface area contributed by atoms with Crippen LogP contribution in [0.4, 0.5) is 0 Å². The molecule has 6 heteroatoms. The van der Waals surface area contributed by atoms with E-state index < -0.39 is 10.1 Å². The third kappa shape index (κ3) is 14.5. The van der Waals surface area contributed by atoms with Gasteiger partial charge in [-0.25, -0.2) is 8.42 Å². The number of likely N-dealkylation sites (tertiary alicyclic amines) is 1. The lowest BCUT2D eigenvalue weighted by Crippen LogP contribution is -2.57. The van der Waals surface area contributed by atoms with Gasteiger partial charge < -0.3 is 9.04 Å². The zero-order valence-corrected chi connectivity index (χ0v) is 24.6. The van der Waals surface area contributed by atoms with Crippen molar-refractivity contribution < 1.29 is 17.5 Å². The number of halogens is 1. The summed E-state index contributed by atoms with van der Waals surface area (Å²) in [5, 5.41) is 0. The summed E-state index contributed by atoms with van der Waals surface area (Å²) < 4.78 is 32.1. The maximum absolute atomic E-state index is 10.3. The Kier molecular flexibility index (Phi) is 17.7. The highest BCUT2D eigenvalue weighted by molar-refractivity contribution is 9.12. The van der Waals surface area contributed by atoms with Crippen LogP contribution >= 0.6 is 15.9 Å². The summed E-state index contributed by atoms with van der Waals surface area (Å²) >= 11 is 3.29. The molecule has 4 nitrogen and oxygen atoms in total. The van der Waals surface area contributed by atoms with Crippen molar-refractivity contribution in [2.24, 2.45) is 0 Å². The molecule has 1 aromatic rings. The molecule has 0 amide bonds. The molecule has 1 fully saturated rings. The minimum atomic E-state index is -4.25. The molecule has 0 aromatic heterocycles. The van der Waals surface area contributed by atoms with E-state index in [2.05, 4.69) is 40.5 Å². The lowest BCUT2D eigenvalue weighted by Gasteiger charge is -2.45. The molecule has 0 N–H and O–H groups in total. The summed E-state index contributed by atoms with van der Waals surface area (Å²) in [6, 6.07) is 7.99. The van der Waals surface area contributed by atoms with Gasteiger partial charge in [0.15, 0.2) is 0 Å². The molecule has 2 atom stereocenters. The minimum Gasteiger partial charge on any atom is -0.744 e. The van der Waals surface area contributed by atoms with Crippen molar-refractivity contribution in [3.63, 3.8) is 0 Å². The van der Waals surface area contributed by atoms with Gasteiger partial charge >= 0.3 is 0 Å². The van der Waals surface area contributed by atoms with Gasteiger partial charge in [0.1, 0.15) is 16.7 Å². The Bertz CT molecular complexity index is 819. The second kappa shape index (κ2) is 19.3. The molecule has 35 heavy (non-hydrogen) atoms. The van der Waals surface area contributed by atoms with E-state index in [-0.39, 0.29) is 4.90 Å². The SMILES string of the molecule is CCCCCCCCCCCCCC[N+]1(CC#CBr)CCCCC1C.O=S(=O)([O-])c1ccccc1. The summed E-state index contributed by atoms with van der Waals surface area (Å²) in [6.45, 7) is 8.49. The minimum absolute atomic E-state index is 0.185. The predicted molar refractivity (Wildman–Crippen MR) is 150 cm³/mol. The number of quaternary nitrogens is 1.